The van der Waals surface area contributed by atoms with Crippen molar-refractivity contribution in [3.05, 3.63) is 65.2 Å². The third-order valence-electron chi connectivity index (χ3n) is 3.59. The molecule has 1 aliphatic rings. The van der Waals surface area contributed by atoms with Gasteiger partial charge in [-0.2, -0.15) is 5.11 Å². The number of rotatable bonds is 4. The van der Waals surface area contributed by atoms with Gasteiger partial charge in [0.25, 0.3) is 0 Å². The van der Waals surface area contributed by atoms with Crippen molar-refractivity contribution in [2.75, 3.05) is 12.8 Å². The summed E-state index contributed by atoms with van der Waals surface area (Å²) in [5, 5.41) is 7.55. The Morgan fingerprint density at radius 2 is 1.46 bits per heavy atom. The van der Waals surface area contributed by atoms with Crippen LogP contribution in [-0.2, 0) is 19.7 Å². The second-order valence-electron chi connectivity index (χ2n) is 5.30. The zero-order valence-corrected chi connectivity index (χ0v) is 14.4. The molecule has 0 bridgehead atoms. The molecule has 0 saturated carbocycles. The van der Waals surface area contributed by atoms with Crippen molar-refractivity contribution in [1.82, 2.24) is 0 Å². The van der Waals surface area contributed by atoms with E-state index in [0.29, 0.717) is 11.1 Å². The minimum Gasteiger partial charge on any atom is -0.224 e. The van der Waals surface area contributed by atoms with Gasteiger partial charge in [0.15, 0.2) is 14.9 Å². The van der Waals surface area contributed by atoms with Crippen LogP contribution in [0.5, 0.6) is 0 Å². The average Bonchev–Trinajstić information content (AvgIpc) is 3.05. The van der Waals surface area contributed by atoms with Crippen LogP contribution in [-0.4, -0.2) is 29.6 Å². The molecular weight excluding hydrogens is 348 g/mol. The van der Waals surface area contributed by atoms with Gasteiger partial charge in [0.05, 0.1) is 16.3 Å². The van der Waals surface area contributed by atoms with Gasteiger partial charge in [-0.25, -0.2) is 16.8 Å². The summed E-state index contributed by atoms with van der Waals surface area (Å²) >= 11 is 0. The molecule has 0 unspecified atom stereocenters. The predicted octanol–water partition coefficient (Wildman–Crippen LogP) is 2.70. The first kappa shape index (κ1) is 16.5. The van der Waals surface area contributed by atoms with Gasteiger partial charge in [-0.15, -0.1) is 5.11 Å². The molecule has 0 atom stereocenters. The van der Waals surface area contributed by atoms with E-state index in [1.807, 2.05) is 0 Å². The van der Waals surface area contributed by atoms with Crippen LogP contribution in [0.4, 0.5) is 0 Å². The molecule has 0 fully saturated rings. The van der Waals surface area contributed by atoms with E-state index in [9.17, 15) is 16.8 Å². The van der Waals surface area contributed by atoms with E-state index in [4.69, 9.17) is 0 Å². The molecule has 1 aliphatic heterocycles. The summed E-state index contributed by atoms with van der Waals surface area (Å²) in [4.78, 5) is 0.317. The standard InChI is InChI=1S/C16H14N2O4S2/c1-23(19,20)13-9-7-12(8-10-13)15-11-17-18-16(15)24(21,22)14-5-3-2-4-6-14/h2-10H,11H2,1H3. The topological polar surface area (TPSA) is 93.0 Å². The fourth-order valence-corrected chi connectivity index (χ4v) is 4.38. The van der Waals surface area contributed by atoms with Crippen LogP contribution in [0.25, 0.3) is 5.57 Å². The lowest BCUT2D eigenvalue weighted by atomic mass is 10.1. The van der Waals surface area contributed by atoms with Crippen molar-refractivity contribution >= 4 is 25.2 Å². The maximum Gasteiger partial charge on any atom is 0.226 e. The molecule has 3 rings (SSSR count). The van der Waals surface area contributed by atoms with E-state index in [-0.39, 0.29) is 21.4 Å². The highest BCUT2D eigenvalue weighted by molar-refractivity contribution is 7.95. The van der Waals surface area contributed by atoms with Gasteiger partial charge in [0.2, 0.25) is 9.84 Å². The Morgan fingerprint density at radius 3 is 2.04 bits per heavy atom. The van der Waals surface area contributed by atoms with Crippen molar-refractivity contribution in [3.8, 4) is 0 Å². The number of benzene rings is 2. The summed E-state index contributed by atoms with van der Waals surface area (Å²) in [6.45, 7) is 0.139. The minimum absolute atomic E-state index is 0.0965. The monoisotopic (exact) mass is 362 g/mol. The lowest BCUT2D eigenvalue weighted by Crippen LogP contribution is -2.05. The third-order valence-corrected chi connectivity index (χ3v) is 6.45. The highest BCUT2D eigenvalue weighted by Crippen LogP contribution is 2.33. The fraction of sp³-hybridized carbons (Fsp3) is 0.125. The van der Waals surface area contributed by atoms with Crippen LogP contribution in [0.15, 0.2) is 79.6 Å². The Labute approximate surface area is 140 Å². The zero-order valence-electron chi connectivity index (χ0n) is 12.7. The van der Waals surface area contributed by atoms with Gasteiger partial charge in [-0.1, -0.05) is 30.3 Å². The number of nitrogens with zero attached hydrogens (tertiary/aromatic N) is 2. The molecule has 2 aromatic carbocycles. The molecular formula is C16H14N2O4S2. The second-order valence-corrected chi connectivity index (χ2v) is 9.18. The molecule has 8 heteroatoms. The lowest BCUT2D eigenvalue weighted by Gasteiger charge is -2.07. The van der Waals surface area contributed by atoms with Crippen molar-refractivity contribution < 1.29 is 16.8 Å². The molecule has 0 radical (unpaired) electrons. The Hall–Kier alpha value is -2.32. The van der Waals surface area contributed by atoms with E-state index in [0.717, 1.165) is 6.26 Å². The minimum atomic E-state index is -3.77. The van der Waals surface area contributed by atoms with E-state index in [1.54, 1.807) is 30.3 Å². The molecule has 0 spiro atoms. The van der Waals surface area contributed by atoms with Crippen LogP contribution < -0.4 is 0 Å². The van der Waals surface area contributed by atoms with Crippen molar-refractivity contribution in [2.24, 2.45) is 10.2 Å². The van der Waals surface area contributed by atoms with Crippen LogP contribution >= 0.6 is 0 Å². The second kappa shape index (κ2) is 5.95. The Balaban J connectivity index is 2.09. The maximum absolute atomic E-state index is 12.7. The summed E-state index contributed by atoms with van der Waals surface area (Å²) in [7, 11) is -7.08. The van der Waals surface area contributed by atoms with E-state index in [2.05, 4.69) is 10.2 Å². The molecule has 24 heavy (non-hydrogen) atoms. The van der Waals surface area contributed by atoms with Crippen molar-refractivity contribution in [3.63, 3.8) is 0 Å². The predicted molar refractivity (Wildman–Crippen MR) is 89.8 cm³/mol. The van der Waals surface area contributed by atoms with Crippen LogP contribution in [0.3, 0.4) is 0 Å². The smallest absolute Gasteiger partial charge is 0.224 e. The third kappa shape index (κ3) is 3.02. The highest BCUT2D eigenvalue weighted by atomic mass is 32.2. The van der Waals surface area contributed by atoms with Crippen molar-refractivity contribution in [1.29, 1.82) is 0 Å². The van der Waals surface area contributed by atoms with Gasteiger partial charge in [0, 0.05) is 11.8 Å². The molecule has 0 saturated heterocycles. The summed E-state index contributed by atoms with van der Waals surface area (Å²) < 4.78 is 48.5. The van der Waals surface area contributed by atoms with Gasteiger partial charge >= 0.3 is 0 Å². The van der Waals surface area contributed by atoms with Gasteiger partial charge < -0.3 is 0 Å². The first-order valence-electron chi connectivity index (χ1n) is 7.01. The quantitative estimate of drug-likeness (QED) is 0.836. The number of sulfone groups is 2. The van der Waals surface area contributed by atoms with E-state index >= 15 is 0 Å². The maximum atomic E-state index is 12.7. The number of hydrogen-bond donors (Lipinski definition) is 0. The van der Waals surface area contributed by atoms with Gasteiger partial charge in [-0.05, 0) is 29.8 Å². The number of azo groups is 1. The van der Waals surface area contributed by atoms with E-state index in [1.165, 1.54) is 24.3 Å². The molecule has 6 nitrogen and oxygen atoms in total. The zero-order chi connectivity index (χ0) is 17.4. The highest BCUT2D eigenvalue weighted by Gasteiger charge is 2.28. The molecule has 0 amide bonds. The summed E-state index contributed by atoms with van der Waals surface area (Å²) in [6.07, 6.45) is 1.12. The summed E-state index contributed by atoms with van der Waals surface area (Å²) in [5.74, 6) is 0. The Kier molecular flexibility index (Phi) is 4.10. The van der Waals surface area contributed by atoms with Crippen LogP contribution in [0, 0.1) is 0 Å². The van der Waals surface area contributed by atoms with E-state index < -0.39 is 19.7 Å². The average molecular weight is 362 g/mol. The summed E-state index contributed by atoms with van der Waals surface area (Å²) in [5.41, 5.74) is 1.04. The van der Waals surface area contributed by atoms with Crippen LogP contribution in [0.2, 0.25) is 0 Å². The van der Waals surface area contributed by atoms with Gasteiger partial charge in [-0.3, -0.25) is 0 Å². The SMILES string of the molecule is CS(=O)(=O)c1ccc(C2=C(S(=O)(=O)c3ccccc3)N=NC2)cc1. The molecule has 0 aromatic heterocycles. The molecule has 124 valence electrons. The fourth-order valence-electron chi connectivity index (χ4n) is 2.34. The first-order valence-corrected chi connectivity index (χ1v) is 10.4. The molecule has 0 N–H and O–H groups in total. The normalized spacial score (nSPS) is 15.0. The van der Waals surface area contributed by atoms with Crippen LogP contribution in [0.1, 0.15) is 5.56 Å². The lowest BCUT2D eigenvalue weighted by molar-refractivity contribution is 0.600. The largest absolute Gasteiger partial charge is 0.226 e. The van der Waals surface area contributed by atoms with Gasteiger partial charge in [0.1, 0.15) is 0 Å². The molecule has 2 aromatic rings. The Bertz CT molecular complexity index is 1040. The molecule has 0 aliphatic carbocycles. The van der Waals surface area contributed by atoms with Crippen molar-refractivity contribution in [2.45, 2.75) is 9.79 Å². The summed E-state index contributed by atoms with van der Waals surface area (Å²) in [6, 6.07) is 14.0. The first-order chi connectivity index (χ1) is 11.3. The molecule has 1 heterocycles. The number of hydrogen-bond acceptors (Lipinski definition) is 6. The Morgan fingerprint density at radius 1 is 0.833 bits per heavy atom.